The molecule has 0 radical (unpaired) electrons. The average Bonchev–Trinajstić information content (AvgIpc) is 3.33. The van der Waals surface area contributed by atoms with Gasteiger partial charge in [0.1, 0.15) is 11.5 Å². The van der Waals surface area contributed by atoms with Gasteiger partial charge in [0.05, 0.1) is 33.9 Å². The summed E-state index contributed by atoms with van der Waals surface area (Å²) in [6.07, 6.45) is 0. The molecule has 2 aromatic heterocycles. The van der Waals surface area contributed by atoms with Crippen LogP contribution in [0.15, 0.2) is 52.9 Å². The predicted molar refractivity (Wildman–Crippen MR) is 110 cm³/mol. The first-order chi connectivity index (χ1) is 13.9. The maximum absolute atomic E-state index is 12.5. The summed E-state index contributed by atoms with van der Waals surface area (Å²) < 4.78 is 11.5. The molecule has 0 atom stereocenters. The number of nitro benzene ring substituents is 1. The number of amides is 1. The van der Waals surface area contributed by atoms with Gasteiger partial charge in [0.2, 0.25) is 0 Å². The van der Waals surface area contributed by atoms with Crippen LogP contribution in [0.2, 0.25) is 5.02 Å². The standard InChI is InChI=1S/C19H12ClN3O5S/c1-27-11-3-4-12(14(9-11)23(25)26)15-5-6-16(28-15)18(24)22-19-21-13-8-10(20)2-7-17(13)29-19/h2-9H,1H3,(H,21,22,24). The quantitative estimate of drug-likeness (QED) is 0.337. The highest BCUT2D eigenvalue weighted by molar-refractivity contribution is 7.22. The SMILES string of the molecule is COc1ccc(-c2ccc(C(=O)Nc3nc4cc(Cl)ccc4s3)o2)c([N+](=O)[O-])c1. The lowest BCUT2D eigenvalue weighted by Gasteiger charge is -2.03. The van der Waals surface area contributed by atoms with Gasteiger partial charge in [0, 0.05) is 5.02 Å². The average molecular weight is 430 g/mol. The van der Waals surface area contributed by atoms with Crippen LogP contribution in [0.4, 0.5) is 10.8 Å². The minimum Gasteiger partial charge on any atom is -0.497 e. The molecular formula is C19H12ClN3O5S. The van der Waals surface area contributed by atoms with Gasteiger partial charge in [0.25, 0.3) is 11.6 Å². The van der Waals surface area contributed by atoms with Crippen LogP contribution in [0, 0.1) is 10.1 Å². The summed E-state index contributed by atoms with van der Waals surface area (Å²) in [5, 5.41) is 15.0. The number of rotatable bonds is 5. The molecule has 0 aliphatic rings. The van der Waals surface area contributed by atoms with Gasteiger partial charge < -0.3 is 9.15 Å². The number of methoxy groups -OCH3 is 1. The van der Waals surface area contributed by atoms with Gasteiger partial charge >= 0.3 is 0 Å². The summed E-state index contributed by atoms with van der Waals surface area (Å²) in [7, 11) is 1.42. The lowest BCUT2D eigenvalue weighted by Crippen LogP contribution is -2.10. The van der Waals surface area contributed by atoms with E-state index in [1.165, 1.54) is 42.7 Å². The van der Waals surface area contributed by atoms with E-state index in [-0.39, 0.29) is 22.8 Å². The first kappa shape index (κ1) is 18.9. The fraction of sp³-hybridized carbons (Fsp3) is 0.0526. The fourth-order valence-corrected chi connectivity index (χ4v) is 3.72. The summed E-state index contributed by atoms with van der Waals surface area (Å²) in [6, 6.07) is 12.6. The molecule has 0 aliphatic heterocycles. The van der Waals surface area contributed by atoms with E-state index in [0.717, 1.165) is 4.70 Å². The van der Waals surface area contributed by atoms with E-state index in [2.05, 4.69) is 10.3 Å². The second-order valence-corrected chi connectivity index (χ2v) is 7.36. The topological polar surface area (TPSA) is 108 Å². The number of thiazole rings is 1. The number of aromatic nitrogens is 1. The van der Waals surface area contributed by atoms with Crippen molar-refractivity contribution in [1.29, 1.82) is 0 Å². The minimum absolute atomic E-state index is 0.00223. The molecule has 0 aliphatic carbocycles. The number of nitrogens with one attached hydrogen (secondary N) is 1. The Morgan fingerprint density at radius 2 is 2.07 bits per heavy atom. The zero-order valence-electron chi connectivity index (χ0n) is 14.8. The Hall–Kier alpha value is -3.43. The lowest BCUT2D eigenvalue weighted by atomic mass is 10.1. The number of ether oxygens (including phenoxy) is 1. The second-order valence-electron chi connectivity index (χ2n) is 5.89. The third kappa shape index (κ3) is 3.78. The summed E-state index contributed by atoms with van der Waals surface area (Å²) in [5.74, 6) is 0.0291. The van der Waals surface area contributed by atoms with Gasteiger partial charge in [-0.2, -0.15) is 0 Å². The van der Waals surface area contributed by atoms with Crippen LogP contribution >= 0.6 is 22.9 Å². The third-order valence-electron chi connectivity index (χ3n) is 4.07. The van der Waals surface area contributed by atoms with Crippen molar-refractivity contribution in [3.63, 3.8) is 0 Å². The van der Waals surface area contributed by atoms with Gasteiger partial charge in [0.15, 0.2) is 10.9 Å². The molecule has 10 heteroatoms. The predicted octanol–water partition coefficient (Wildman–Crippen LogP) is 5.38. The number of carbonyl (C=O) groups is 1. The molecule has 2 heterocycles. The van der Waals surface area contributed by atoms with E-state index in [0.29, 0.717) is 21.4 Å². The Balaban J connectivity index is 1.60. The highest BCUT2D eigenvalue weighted by Gasteiger charge is 2.21. The lowest BCUT2D eigenvalue weighted by molar-refractivity contribution is -0.384. The fourth-order valence-electron chi connectivity index (χ4n) is 2.72. The smallest absolute Gasteiger partial charge is 0.293 e. The van der Waals surface area contributed by atoms with Crippen LogP contribution in [0.1, 0.15) is 10.6 Å². The number of furan rings is 1. The number of benzene rings is 2. The van der Waals surface area contributed by atoms with Gasteiger partial charge in [-0.3, -0.25) is 20.2 Å². The van der Waals surface area contributed by atoms with Crippen molar-refractivity contribution in [2.75, 3.05) is 12.4 Å². The summed E-state index contributed by atoms with van der Waals surface area (Å²) in [4.78, 5) is 27.7. The Labute approximate surface area is 172 Å². The Bertz CT molecular complexity index is 1250. The zero-order chi connectivity index (χ0) is 20.5. The molecule has 1 amide bonds. The molecule has 0 spiro atoms. The Morgan fingerprint density at radius 3 is 2.83 bits per heavy atom. The molecule has 29 heavy (non-hydrogen) atoms. The molecular weight excluding hydrogens is 418 g/mol. The van der Waals surface area contributed by atoms with Crippen molar-refractivity contribution >= 4 is 49.9 Å². The molecule has 0 unspecified atom stereocenters. The molecule has 0 bridgehead atoms. The van der Waals surface area contributed by atoms with E-state index in [1.807, 2.05) is 6.07 Å². The van der Waals surface area contributed by atoms with Crippen molar-refractivity contribution in [2.45, 2.75) is 0 Å². The Kier molecular flexibility index (Phi) is 4.91. The molecule has 0 saturated heterocycles. The first-order valence-corrected chi connectivity index (χ1v) is 9.44. The largest absolute Gasteiger partial charge is 0.497 e. The molecule has 4 aromatic rings. The van der Waals surface area contributed by atoms with Crippen molar-refractivity contribution in [2.24, 2.45) is 0 Å². The number of hydrogen-bond donors (Lipinski definition) is 1. The molecule has 4 rings (SSSR count). The van der Waals surface area contributed by atoms with E-state index in [9.17, 15) is 14.9 Å². The molecule has 8 nitrogen and oxygen atoms in total. The van der Waals surface area contributed by atoms with E-state index in [4.69, 9.17) is 20.8 Å². The van der Waals surface area contributed by atoms with E-state index >= 15 is 0 Å². The van der Waals surface area contributed by atoms with Crippen LogP contribution in [0.3, 0.4) is 0 Å². The van der Waals surface area contributed by atoms with Crippen LogP contribution in [-0.4, -0.2) is 22.9 Å². The number of nitro groups is 1. The van der Waals surface area contributed by atoms with Crippen LogP contribution in [-0.2, 0) is 0 Å². The summed E-state index contributed by atoms with van der Waals surface area (Å²) in [6.45, 7) is 0. The number of nitrogens with zero attached hydrogens (tertiary/aromatic N) is 2. The maximum Gasteiger partial charge on any atom is 0.293 e. The molecule has 146 valence electrons. The van der Waals surface area contributed by atoms with Gasteiger partial charge in [-0.05, 0) is 42.5 Å². The monoisotopic (exact) mass is 429 g/mol. The molecule has 1 N–H and O–H groups in total. The number of fused-ring (bicyclic) bond motifs is 1. The molecule has 0 saturated carbocycles. The number of halogens is 1. The van der Waals surface area contributed by atoms with Gasteiger partial charge in [-0.15, -0.1) is 0 Å². The third-order valence-corrected chi connectivity index (χ3v) is 5.25. The van der Waals surface area contributed by atoms with Gasteiger partial charge in [-0.1, -0.05) is 22.9 Å². The number of anilines is 1. The molecule has 0 fully saturated rings. The minimum atomic E-state index is -0.535. The van der Waals surface area contributed by atoms with Crippen molar-refractivity contribution in [1.82, 2.24) is 4.98 Å². The highest BCUT2D eigenvalue weighted by atomic mass is 35.5. The zero-order valence-corrected chi connectivity index (χ0v) is 16.4. The van der Waals surface area contributed by atoms with Gasteiger partial charge in [-0.25, -0.2) is 4.98 Å². The summed E-state index contributed by atoms with van der Waals surface area (Å²) >= 11 is 7.25. The second kappa shape index (κ2) is 7.53. The van der Waals surface area contributed by atoms with Crippen molar-refractivity contribution in [3.05, 3.63) is 69.4 Å². The van der Waals surface area contributed by atoms with E-state index in [1.54, 1.807) is 18.2 Å². The number of carbonyl (C=O) groups excluding carboxylic acids is 1. The Morgan fingerprint density at radius 1 is 1.24 bits per heavy atom. The maximum atomic E-state index is 12.5. The van der Waals surface area contributed by atoms with E-state index < -0.39 is 10.8 Å². The molecule has 2 aromatic carbocycles. The number of hydrogen-bond acceptors (Lipinski definition) is 7. The van der Waals surface area contributed by atoms with Crippen molar-refractivity contribution in [3.8, 4) is 17.1 Å². The highest BCUT2D eigenvalue weighted by Crippen LogP contribution is 2.34. The van der Waals surface area contributed by atoms with Crippen LogP contribution in [0.25, 0.3) is 21.5 Å². The first-order valence-electron chi connectivity index (χ1n) is 8.24. The van der Waals surface area contributed by atoms with Crippen molar-refractivity contribution < 1.29 is 18.9 Å². The van der Waals surface area contributed by atoms with Crippen LogP contribution < -0.4 is 10.1 Å². The van der Waals surface area contributed by atoms with Crippen LogP contribution in [0.5, 0.6) is 5.75 Å². The normalized spacial score (nSPS) is 10.8. The summed E-state index contributed by atoms with van der Waals surface area (Å²) in [5.41, 5.74) is 0.727.